The van der Waals surface area contributed by atoms with Crippen molar-refractivity contribution < 1.29 is 0 Å². The highest BCUT2D eigenvalue weighted by molar-refractivity contribution is 5.75. The van der Waals surface area contributed by atoms with Crippen LogP contribution in [-0.4, -0.2) is 15.2 Å². The summed E-state index contributed by atoms with van der Waals surface area (Å²) in [5.74, 6) is 0. The van der Waals surface area contributed by atoms with E-state index in [4.69, 9.17) is 0 Å². The van der Waals surface area contributed by atoms with Crippen molar-refractivity contribution >= 4 is 5.57 Å². The van der Waals surface area contributed by atoms with E-state index in [1.54, 1.807) is 24.5 Å². The topological polar surface area (TPSA) is 41.6 Å². The first-order valence-electron chi connectivity index (χ1n) is 5.26. The van der Waals surface area contributed by atoms with Gasteiger partial charge in [-0.1, -0.05) is 31.4 Å². The third-order valence-electron chi connectivity index (χ3n) is 2.38. The van der Waals surface area contributed by atoms with E-state index >= 15 is 0 Å². The molecule has 3 heteroatoms. The van der Waals surface area contributed by atoms with Gasteiger partial charge in [-0.05, 0) is 23.8 Å². The van der Waals surface area contributed by atoms with Crippen molar-refractivity contribution in [2.24, 2.45) is 0 Å². The fourth-order valence-corrected chi connectivity index (χ4v) is 1.53. The molecule has 2 rings (SSSR count). The van der Waals surface area contributed by atoms with Crippen molar-refractivity contribution in [1.82, 2.24) is 15.2 Å². The molecule has 2 aromatic heterocycles. The third-order valence-corrected chi connectivity index (χ3v) is 2.38. The van der Waals surface area contributed by atoms with Crippen molar-refractivity contribution in [1.29, 1.82) is 0 Å². The molecule has 0 radical (unpaired) electrons. The van der Waals surface area contributed by atoms with E-state index in [-0.39, 0.29) is 0 Å². The van der Waals surface area contributed by atoms with Gasteiger partial charge in [-0.3, -0.25) is 10.1 Å². The quantitative estimate of drug-likeness (QED) is 0.808. The summed E-state index contributed by atoms with van der Waals surface area (Å²) in [4.78, 5) is 3.98. The van der Waals surface area contributed by atoms with E-state index in [0.717, 1.165) is 22.5 Å². The Morgan fingerprint density at radius 3 is 2.65 bits per heavy atom. The van der Waals surface area contributed by atoms with Gasteiger partial charge < -0.3 is 0 Å². The second-order valence-corrected chi connectivity index (χ2v) is 3.46. The predicted octanol–water partition coefficient (Wildman–Crippen LogP) is 3.23. The number of H-pyrrole nitrogens is 1. The first-order valence-corrected chi connectivity index (χ1v) is 5.26. The van der Waals surface area contributed by atoms with Crippen LogP contribution < -0.4 is 0 Å². The maximum absolute atomic E-state index is 4.26. The fourth-order valence-electron chi connectivity index (χ4n) is 1.53. The summed E-state index contributed by atoms with van der Waals surface area (Å²) in [7, 11) is 0. The average molecular weight is 223 g/mol. The van der Waals surface area contributed by atoms with Crippen molar-refractivity contribution in [2.45, 2.75) is 0 Å². The Morgan fingerprint density at radius 1 is 1.24 bits per heavy atom. The van der Waals surface area contributed by atoms with Gasteiger partial charge in [0.1, 0.15) is 0 Å². The second-order valence-electron chi connectivity index (χ2n) is 3.46. The number of allylic oxidation sites excluding steroid dienone is 4. The number of aromatic nitrogens is 3. The molecule has 0 fully saturated rings. The summed E-state index contributed by atoms with van der Waals surface area (Å²) in [6, 6.07) is 5.82. The summed E-state index contributed by atoms with van der Waals surface area (Å²) in [5.41, 5.74) is 3.81. The first-order chi connectivity index (χ1) is 8.35. The van der Waals surface area contributed by atoms with Gasteiger partial charge in [0, 0.05) is 18.0 Å². The van der Waals surface area contributed by atoms with E-state index in [2.05, 4.69) is 28.3 Å². The number of hydrogen-bond donors (Lipinski definition) is 1. The zero-order valence-corrected chi connectivity index (χ0v) is 9.43. The minimum Gasteiger partial charge on any atom is -0.277 e. The van der Waals surface area contributed by atoms with Gasteiger partial charge in [-0.25, -0.2) is 0 Å². The molecule has 2 heterocycles. The summed E-state index contributed by atoms with van der Waals surface area (Å²) < 4.78 is 0. The van der Waals surface area contributed by atoms with Crippen molar-refractivity contribution in [3.05, 3.63) is 67.7 Å². The molecule has 0 aliphatic heterocycles. The van der Waals surface area contributed by atoms with Crippen LogP contribution in [0.2, 0.25) is 0 Å². The molecule has 84 valence electrons. The number of rotatable bonds is 4. The smallest absolute Gasteiger partial charge is 0.0928 e. The average Bonchev–Trinajstić information content (AvgIpc) is 2.86. The molecule has 3 nitrogen and oxygen atoms in total. The largest absolute Gasteiger partial charge is 0.277 e. The van der Waals surface area contributed by atoms with E-state index in [0.29, 0.717) is 0 Å². The molecule has 0 unspecified atom stereocenters. The Kier molecular flexibility index (Phi) is 3.31. The number of nitrogens with zero attached hydrogens (tertiary/aromatic N) is 2. The molecule has 0 saturated heterocycles. The van der Waals surface area contributed by atoms with Crippen molar-refractivity contribution in [3.8, 4) is 11.3 Å². The lowest BCUT2D eigenvalue weighted by atomic mass is 10.1. The Bertz CT molecular complexity index is 550. The molecule has 1 N–H and O–H groups in total. The van der Waals surface area contributed by atoms with E-state index in [1.807, 2.05) is 24.3 Å². The van der Waals surface area contributed by atoms with Crippen LogP contribution >= 0.6 is 0 Å². The molecule has 0 aliphatic carbocycles. The number of pyridine rings is 1. The maximum Gasteiger partial charge on any atom is 0.0928 e. The van der Waals surface area contributed by atoms with E-state index in [9.17, 15) is 0 Å². The van der Waals surface area contributed by atoms with Crippen LogP contribution in [0.4, 0.5) is 0 Å². The van der Waals surface area contributed by atoms with Gasteiger partial charge in [0.05, 0.1) is 11.4 Å². The number of hydrogen-bond acceptors (Lipinski definition) is 2. The Hall–Kier alpha value is -2.42. The van der Waals surface area contributed by atoms with E-state index in [1.165, 1.54) is 0 Å². The van der Waals surface area contributed by atoms with Gasteiger partial charge >= 0.3 is 0 Å². The van der Waals surface area contributed by atoms with Crippen molar-refractivity contribution in [3.63, 3.8) is 0 Å². The Morgan fingerprint density at radius 2 is 2.00 bits per heavy atom. The van der Waals surface area contributed by atoms with Crippen LogP contribution in [0.5, 0.6) is 0 Å². The molecular weight excluding hydrogens is 210 g/mol. The molecular formula is C14H13N3. The van der Waals surface area contributed by atoms with Crippen LogP contribution in [0.15, 0.2) is 62.0 Å². The van der Waals surface area contributed by atoms with Gasteiger partial charge in [-0.2, -0.15) is 5.10 Å². The third kappa shape index (κ3) is 2.39. The Labute approximate surface area is 100 Å². The highest BCUT2D eigenvalue weighted by atomic mass is 15.1. The standard InChI is InChI=1S/C14H13N3/c1-3-5-11(4-2)13-10-14(17-16-13)12-6-8-15-9-7-12/h3-10H,1-2H2,(H,16,17)/b11-5+. The summed E-state index contributed by atoms with van der Waals surface area (Å²) in [5, 5.41) is 7.24. The van der Waals surface area contributed by atoms with Crippen LogP contribution in [0.3, 0.4) is 0 Å². The lowest BCUT2D eigenvalue weighted by molar-refractivity contribution is 1.08. The Balaban J connectivity index is 2.37. The number of nitrogens with one attached hydrogen (secondary N) is 1. The van der Waals surface area contributed by atoms with Crippen LogP contribution in [0, 0.1) is 0 Å². The monoisotopic (exact) mass is 223 g/mol. The van der Waals surface area contributed by atoms with Crippen LogP contribution in [-0.2, 0) is 0 Å². The first kappa shape index (κ1) is 11.1. The van der Waals surface area contributed by atoms with Gasteiger partial charge in [0.25, 0.3) is 0 Å². The molecule has 0 bridgehead atoms. The molecule has 0 atom stereocenters. The lowest BCUT2D eigenvalue weighted by Crippen LogP contribution is -1.79. The predicted molar refractivity (Wildman–Crippen MR) is 70.2 cm³/mol. The van der Waals surface area contributed by atoms with E-state index < -0.39 is 0 Å². The fraction of sp³-hybridized carbons (Fsp3) is 0. The normalized spacial score (nSPS) is 11.2. The van der Waals surface area contributed by atoms with Gasteiger partial charge in [0.15, 0.2) is 0 Å². The molecule has 0 saturated carbocycles. The van der Waals surface area contributed by atoms with Crippen LogP contribution in [0.1, 0.15) is 5.69 Å². The minimum absolute atomic E-state index is 0.888. The van der Waals surface area contributed by atoms with Crippen molar-refractivity contribution in [2.75, 3.05) is 0 Å². The highest BCUT2D eigenvalue weighted by Gasteiger charge is 2.04. The summed E-state index contributed by atoms with van der Waals surface area (Å²) in [6.45, 7) is 7.44. The molecule has 0 amide bonds. The van der Waals surface area contributed by atoms with Gasteiger partial charge in [-0.15, -0.1) is 0 Å². The lowest BCUT2D eigenvalue weighted by Gasteiger charge is -1.94. The summed E-state index contributed by atoms with van der Waals surface area (Å²) in [6.07, 6.45) is 8.88. The van der Waals surface area contributed by atoms with Crippen LogP contribution in [0.25, 0.3) is 16.8 Å². The zero-order chi connectivity index (χ0) is 12.1. The van der Waals surface area contributed by atoms with Gasteiger partial charge in [0.2, 0.25) is 0 Å². The molecule has 0 aliphatic rings. The maximum atomic E-state index is 4.26. The molecule has 0 aromatic carbocycles. The highest BCUT2D eigenvalue weighted by Crippen LogP contribution is 2.20. The second kappa shape index (κ2) is 5.07. The summed E-state index contributed by atoms with van der Waals surface area (Å²) >= 11 is 0. The number of aromatic amines is 1. The molecule has 2 aromatic rings. The zero-order valence-electron chi connectivity index (χ0n) is 9.43. The molecule has 0 spiro atoms. The SMILES string of the molecule is C=C/C=C(\C=C)c1cc(-c2ccncc2)n[nH]1. The minimum atomic E-state index is 0.888. The molecule has 17 heavy (non-hydrogen) atoms.